The highest BCUT2D eigenvalue weighted by Gasteiger charge is 2.22. The summed E-state index contributed by atoms with van der Waals surface area (Å²) in [6, 6.07) is 13.4. The summed E-state index contributed by atoms with van der Waals surface area (Å²) in [5.74, 6) is 0.701. The standard InChI is InChI=1S/C22H27N3O2S.ClH/c1-5-24(6-2)13-14-25(21(26)17-8-10-18(27-4)11-9-17)22-23-19-12-7-16(3)15-20(19)28-22;/h7-12,15H,5-6,13-14H2,1-4H3;1H. The first-order chi connectivity index (χ1) is 13.5. The third-order valence-corrected chi connectivity index (χ3v) is 5.92. The molecule has 0 bridgehead atoms. The molecule has 0 saturated heterocycles. The predicted molar refractivity (Wildman–Crippen MR) is 124 cm³/mol. The van der Waals surface area contributed by atoms with Gasteiger partial charge in [-0.15, -0.1) is 12.4 Å². The number of anilines is 1. The van der Waals surface area contributed by atoms with Crippen molar-refractivity contribution in [2.24, 2.45) is 0 Å². The third-order valence-electron chi connectivity index (χ3n) is 4.88. The number of aryl methyl sites for hydroxylation is 1. The Morgan fingerprint density at radius 1 is 1.07 bits per heavy atom. The summed E-state index contributed by atoms with van der Waals surface area (Å²) in [6.07, 6.45) is 0. The number of likely N-dealkylation sites (N-methyl/N-ethyl adjacent to an activating group) is 1. The lowest BCUT2D eigenvalue weighted by atomic mass is 10.2. The Hall–Kier alpha value is -2.15. The Morgan fingerprint density at radius 3 is 2.38 bits per heavy atom. The minimum atomic E-state index is -0.0365. The van der Waals surface area contributed by atoms with Gasteiger partial charge in [0.15, 0.2) is 5.13 Å². The highest BCUT2D eigenvalue weighted by atomic mass is 35.5. The minimum Gasteiger partial charge on any atom is -0.497 e. The van der Waals surface area contributed by atoms with Crippen LogP contribution in [0.5, 0.6) is 5.75 Å². The molecule has 5 nitrogen and oxygen atoms in total. The quantitative estimate of drug-likeness (QED) is 0.500. The van der Waals surface area contributed by atoms with Crippen LogP contribution in [-0.4, -0.2) is 49.1 Å². The van der Waals surface area contributed by atoms with Crippen molar-refractivity contribution < 1.29 is 9.53 Å². The van der Waals surface area contributed by atoms with E-state index in [4.69, 9.17) is 9.72 Å². The van der Waals surface area contributed by atoms with Crippen LogP contribution >= 0.6 is 23.7 Å². The van der Waals surface area contributed by atoms with Crippen LogP contribution in [0.2, 0.25) is 0 Å². The van der Waals surface area contributed by atoms with E-state index in [1.807, 2.05) is 30.3 Å². The summed E-state index contributed by atoms with van der Waals surface area (Å²) < 4.78 is 6.31. The lowest BCUT2D eigenvalue weighted by Crippen LogP contribution is -2.38. The summed E-state index contributed by atoms with van der Waals surface area (Å²) >= 11 is 1.57. The number of hydrogen-bond acceptors (Lipinski definition) is 5. The van der Waals surface area contributed by atoms with Crippen LogP contribution in [0.3, 0.4) is 0 Å². The number of thiazole rings is 1. The molecule has 0 saturated carbocycles. The molecule has 3 rings (SSSR count). The number of carbonyl (C=O) groups is 1. The second kappa shape index (κ2) is 10.6. The van der Waals surface area contributed by atoms with Crippen molar-refractivity contribution in [2.75, 3.05) is 38.2 Å². The van der Waals surface area contributed by atoms with Gasteiger partial charge in [0.1, 0.15) is 5.75 Å². The molecule has 0 aliphatic heterocycles. The van der Waals surface area contributed by atoms with Crippen molar-refractivity contribution in [1.82, 2.24) is 9.88 Å². The van der Waals surface area contributed by atoms with Crippen molar-refractivity contribution in [3.8, 4) is 5.75 Å². The van der Waals surface area contributed by atoms with E-state index in [0.717, 1.165) is 40.7 Å². The maximum absolute atomic E-state index is 13.3. The number of hydrogen-bond donors (Lipinski definition) is 0. The van der Waals surface area contributed by atoms with E-state index < -0.39 is 0 Å². The average molecular weight is 434 g/mol. The van der Waals surface area contributed by atoms with E-state index in [1.54, 1.807) is 23.3 Å². The summed E-state index contributed by atoms with van der Waals surface area (Å²) in [6.45, 7) is 9.67. The normalized spacial score (nSPS) is 10.8. The highest BCUT2D eigenvalue weighted by molar-refractivity contribution is 7.22. The van der Waals surface area contributed by atoms with E-state index in [-0.39, 0.29) is 18.3 Å². The fraction of sp³-hybridized carbons (Fsp3) is 0.364. The molecule has 2 aromatic carbocycles. The molecule has 0 atom stereocenters. The van der Waals surface area contributed by atoms with Crippen LogP contribution < -0.4 is 9.64 Å². The molecule has 3 aromatic rings. The summed E-state index contributed by atoms with van der Waals surface area (Å²) in [7, 11) is 1.62. The van der Waals surface area contributed by atoms with Crippen molar-refractivity contribution in [2.45, 2.75) is 20.8 Å². The number of fused-ring (bicyclic) bond motifs is 1. The van der Waals surface area contributed by atoms with E-state index >= 15 is 0 Å². The van der Waals surface area contributed by atoms with Gasteiger partial charge in [-0.05, 0) is 62.0 Å². The summed E-state index contributed by atoms with van der Waals surface area (Å²) in [4.78, 5) is 22.2. The molecule has 0 spiro atoms. The predicted octanol–water partition coefficient (Wildman–Crippen LogP) is 5.02. The average Bonchev–Trinajstić information content (AvgIpc) is 3.13. The number of nitrogens with zero attached hydrogens (tertiary/aromatic N) is 3. The van der Waals surface area contributed by atoms with Crippen LogP contribution in [-0.2, 0) is 0 Å². The second-order valence-electron chi connectivity index (χ2n) is 6.68. The topological polar surface area (TPSA) is 45.7 Å². The smallest absolute Gasteiger partial charge is 0.260 e. The number of aromatic nitrogens is 1. The molecule has 0 radical (unpaired) electrons. The molecular formula is C22H28ClN3O2S. The SMILES string of the molecule is CCN(CC)CCN(C(=O)c1ccc(OC)cc1)c1nc2ccc(C)cc2s1.Cl. The van der Waals surface area contributed by atoms with Gasteiger partial charge in [0.05, 0.1) is 17.3 Å². The van der Waals surface area contributed by atoms with Gasteiger partial charge in [-0.25, -0.2) is 4.98 Å². The molecule has 29 heavy (non-hydrogen) atoms. The van der Waals surface area contributed by atoms with Gasteiger partial charge in [0.25, 0.3) is 5.91 Å². The molecule has 7 heteroatoms. The fourth-order valence-electron chi connectivity index (χ4n) is 3.09. The molecular weight excluding hydrogens is 406 g/mol. The number of benzene rings is 2. The Morgan fingerprint density at radius 2 is 1.76 bits per heavy atom. The molecule has 1 amide bonds. The first-order valence-corrected chi connectivity index (χ1v) is 10.4. The van der Waals surface area contributed by atoms with Gasteiger partial charge < -0.3 is 9.64 Å². The Balaban J connectivity index is 0.00000300. The van der Waals surface area contributed by atoms with Gasteiger partial charge in [-0.1, -0.05) is 31.3 Å². The first-order valence-electron chi connectivity index (χ1n) is 9.61. The highest BCUT2D eigenvalue weighted by Crippen LogP contribution is 2.30. The molecule has 156 valence electrons. The second-order valence-corrected chi connectivity index (χ2v) is 7.69. The number of ether oxygens (including phenoxy) is 1. The number of halogens is 1. The zero-order chi connectivity index (χ0) is 20.1. The third kappa shape index (κ3) is 5.47. The van der Waals surface area contributed by atoms with Crippen LogP contribution in [0.4, 0.5) is 5.13 Å². The van der Waals surface area contributed by atoms with Crippen molar-refractivity contribution in [3.63, 3.8) is 0 Å². The Bertz CT molecular complexity index is 939. The molecule has 0 unspecified atom stereocenters. The minimum absolute atomic E-state index is 0. The van der Waals surface area contributed by atoms with E-state index in [9.17, 15) is 4.79 Å². The van der Waals surface area contributed by atoms with Gasteiger partial charge in [0, 0.05) is 18.7 Å². The van der Waals surface area contributed by atoms with Gasteiger partial charge in [-0.3, -0.25) is 9.69 Å². The van der Waals surface area contributed by atoms with Crippen molar-refractivity contribution in [1.29, 1.82) is 0 Å². The zero-order valence-corrected chi connectivity index (χ0v) is 19.0. The fourth-order valence-corrected chi connectivity index (χ4v) is 4.18. The Kier molecular flexibility index (Phi) is 8.44. The number of amides is 1. The molecule has 0 fully saturated rings. The Labute approximate surface area is 182 Å². The van der Waals surface area contributed by atoms with Crippen LogP contribution in [0.25, 0.3) is 10.2 Å². The number of methoxy groups -OCH3 is 1. The molecule has 0 aliphatic rings. The van der Waals surface area contributed by atoms with Crippen molar-refractivity contribution in [3.05, 3.63) is 53.6 Å². The van der Waals surface area contributed by atoms with E-state index in [1.165, 1.54) is 5.56 Å². The number of rotatable bonds is 8. The van der Waals surface area contributed by atoms with Crippen LogP contribution in [0.15, 0.2) is 42.5 Å². The zero-order valence-electron chi connectivity index (χ0n) is 17.3. The van der Waals surface area contributed by atoms with Crippen molar-refractivity contribution >= 4 is 45.0 Å². The van der Waals surface area contributed by atoms with Gasteiger partial charge in [0.2, 0.25) is 0 Å². The molecule has 1 aromatic heterocycles. The molecule has 0 aliphatic carbocycles. The first kappa shape index (κ1) is 23.1. The van der Waals surface area contributed by atoms with E-state index in [0.29, 0.717) is 12.1 Å². The maximum atomic E-state index is 13.3. The van der Waals surface area contributed by atoms with Crippen LogP contribution in [0, 0.1) is 6.92 Å². The lowest BCUT2D eigenvalue weighted by Gasteiger charge is -2.24. The van der Waals surface area contributed by atoms with Gasteiger partial charge >= 0.3 is 0 Å². The van der Waals surface area contributed by atoms with Gasteiger partial charge in [-0.2, -0.15) is 0 Å². The lowest BCUT2D eigenvalue weighted by molar-refractivity contribution is 0.0983. The van der Waals surface area contributed by atoms with E-state index in [2.05, 4.69) is 37.8 Å². The maximum Gasteiger partial charge on any atom is 0.260 e. The van der Waals surface area contributed by atoms with Crippen LogP contribution in [0.1, 0.15) is 29.8 Å². The largest absolute Gasteiger partial charge is 0.497 e. The molecule has 1 heterocycles. The summed E-state index contributed by atoms with van der Waals surface area (Å²) in [5.41, 5.74) is 2.76. The summed E-state index contributed by atoms with van der Waals surface area (Å²) in [5, 5.41) is 0.744. The molecule has 0 N–H and O–H groups in total. The number of carbonyl (C=O) groups excluding carboxylic acids is 1. The monoisotopic (exact) mass is 433 g/mol.